The van der Waals surface area contributed by atoms with Crippen molar-refractivity contribution in [2.75, 3.05) is 0 Å². The van der Waals surface area contributed by atoms with Crippen molar-refractivity contribution in [3.63, 3.8) is 0 Å². The van der Waals surface area contributed by atoms with Gasteiger partial charge in [-0.25, -0.2) is 4.57 Å². The average molecular weight is 608 g/mol. The number of nitrogens with one attached hydrogen (secondary N) is 1. The molecule has 0 amide bonds. The van der Waals surface area contributed by atoms with Crippen LogP contribution in [-0.4, -0.2) is 4.98 Å². The van der Waals surface area contributed by atoms with E-state index < -0.39 is 0 Å². The van der Waals surface area contributed by atoms with Gasteiger partial charge in [0, 0.05) is 5.92 Å². The molecule has 1 N–H and O–H groups in total. The number of hydrogen-bond acceptors (Lipinski definition) is 0. The van der Waals surface area contributed by atoms with Gasteiger partial charge >= 0.3 is 0 Å². The summed E-state index contributed by atoms with van der Waals surface area (Å²) in [6.07, 6.45) is 47.7. The summed E-state index contributed by atoms with van der Waals surface area (Å²) in [6.45, 7) is 4.62. The van der Waals surface area contributed by atoms with Crippen LogP contribution < -0.4 is 4.57 Å². The number of imidazole rings is 1. The van der Waals surface area contributed by atoms with E-state index in [1.165, 1.54) is 192 Å². The minimum atomic E-state index is 0.604. The Hall–Kier alpha value is -1.57. The van der Waals surface area contributed by atoms with E-state index in [2.05, 4.69) is 72.5 Å². The van der Waals surface area contributed by atoms with Crippen LogP contribution in [0.25, 0.3) is 0 Å². The third kappa shape index (κ3) is 20.5. The fourth-order valence-corrected chi connectivity index (χ4v) is 7.28. The number of aromatic amines is 1. The number of benzene rings is 1. The Morgan fingerprint density at radius 3 is 1.32 bits per heavy atom. The zero-order valence-corrected chi connectivity index (χ0v) is 29.7. The van der Waals surface area contributed by atoms with E-state index >= 15 is 0 Å². The molecule has 0 aliphatic heterocycles. The van der Waals surface area contributed by atoms with Gasteiger partial charge < -0.3 is 0 Å². The van der Waals surface area contributed by atoms with Crippen LogP contribution in [0.15, 0.2) is 49.1 Å². The van der Waals surface area contributed by atoms with E-state index in [1.807, 2.05) is 0 Å². The molecule has 2 rings (SSSR count). The Balaban J connectivity index is 1.64. The number of unbranched alkanes of at least 4 members (excludes halogenated alkanes) is 24. The van der Waals surface area contributed by atoms with Crippen molar-refractivity contribution < 1.29 is 4.57 Å². The molecule has 2 nitrogen and oxygen atoms in total. The monoisotopic (exact) mass is 608 g/mol. The highest BCUT2D eigenvalue weighted by atomic mass is 15.1. The number of nitrogens with zero attached hydrogens (tertiary/aromatic N) is 1. The van der Waals surface area contributed by atoms with Gasteiger partial charge in [-0.2, -0.15) is 0 Å². The van der Waals surface area contributed by atoms with Gasteiger partial charge in [-0.05, 0) is 31.2 Å². The third-order valence-corrected chi connectivity index (χ3v) is 10.1. The summed E-state index contributed by atoms with van der Waals surface area (Å²) in [6, 6.07) is 11.9. The van der Waals surface area contributed by atoms with E-state index in [-0.39, 0.29) is 0 Å². The quantitative estimate of drug-likeness (QED) is 0.0630. The summed E-state index contributed by atoms with van der Waals surface area (Å²) in [5.41, 5.74) is 1.51. The van der Waals surface area contributed by atoms with Gasteiger partial charge in [0.15, 0.2) is 0 Å². The van der Waals surface area contributed by atoms with E-state index in [0.717, 1.165) is 0 Å². The minimum absolute atomic E-state index is 0.604. The molecule has 2 heteroatoms. The zero-order valence-electron chi connectivity index (χ0n) is 29.7. The van der Waals surface area contributed by atoms with Crippen LogP contribution in [0.1, 0.15) is 205 Å². The van der Waals surface area contributed by atoms with Crippen LogP contribution >= 0.6 is 0 Å². The molecule has 0 bridgehead atoms. The van der Waals surface area contributed by atoms with Crippen LogP contribution in [0.3, 0.4) is 0 Å². The second-order valence-electron chi connectivity index (χ2n) is 14.1. The summed E-state index contributed by atoms with van der Waals surface area (Å²) < 4.78 is 2.51. The Labute approximate surface area is 275 Å². The first-order valence-corrected chi connectivity index (χ1v) is 19.9. The van der Waals surface area contributed by atoms with Crippen LogP contribution in [-0.2, 0) is 6.42 Å². The van der Waals surface area contributed by atoms with Crippen molar-refractivity contribution in [2.24, 2.45) is 5.92 Å². The smallest absolute Gasteiger partial charge is 0.241 e. The highest BCUT2D eigenvalue weighted by molar-refractivity contribution is 5.15. The van der Waals surface area contributed by atoms with E-state index in [4.69, 9.17) is 0 Å². The number of aromatic nitrogens is 2. The van der Waals surface area contributed by atoms with Crippen molar-refractivity contribution in [3.8, 4) is 0 Å². The molecule has 0 saturated carbocycles. The van der Waals surface area contributed by atoms with Crippen LogP contribution in [0.4, 0.5) is 0 Å². The van der Waals surface area contributed by atoms with Crippen LogP contribution in [0.5, 0.6) is 0 Å². The van der Waals surface area contributed by atoms with Gasteiger partial charge in [0.05, 0.1) is 0 Å². The van der Waals surface area contributed by atoms with Gasteiger partial charge in [0.2, 0.25) is 6.33 Å². The predicted octanol–water partition coefficient (Wildman–Crippen LogP) is 13.7. The SMILES string of the molecule is CCCCCCCCCCCCCCCCCCCC(C(CCCCCCCCCCC)Cc1ccccc1)[n+]1cc[nH]c1. The molecule has 1 aromatic carbocycles. The molecule has 1 aromatic heterocycles. The lowest BCUT2D eigenvalue weighted by molar-refractivity contribution is -0.730. The summed E-state index contributed by atoms with van der Waals surface area (Å²) in [7, 11) is 0. The molecule has 0 aliphatic carbocycles. The van der Waals surface area contributed by atoms with Crippen LogP contribution in [0.2, 0.25) is 0 Å². The van der Waals surface area contributed by atoms with Gasteiger partial charge in [0.25, 0.3) is 0 Å². The molecule has 252 valence electrons. The summed E-state index contributed by atoms with van der Waals surface area (Å²) in [4.78, 5) is 3.36. The Kier molecular flexibility index (Phi) is 25.3. The second-order valence-corrected chi connectivity index (χ2v) is 14.1. The summed E-state index contributed by atoms with van der Waals surface area (Å²) in [5.74, 6) is 0.712. The predicted molar refractivity (Wildman–Crippen MR) is 194 cm³/mol. The van der Waals surface area contributed by atoms with E-state index in [9.17, 15) is 0 Å². The highest BCUT2D eigenvalue weighted by Gasteiger charge is 2.26. The number of H-pyrrole nitrogens is 1. The maximum absolute atomic E-state index is 3.36. The molecular weight excluding hydrogens is 532 g/mol. The topological polar surface area (TPSA) is 19.7 Å². The first-order valence-electron chi connectivity index (χ1n) is 19.9. The first-order chi connectivity index (χ1) is 21.8. The van der Waals surface area contributed by atoms with Crippen molar-refractivity contribution >= 4 is 0 Å². The molecule has 0 saturated heterocycles. The number of rotatable bonds is 32. The van der Waals surface area contributed by atoms with Crippen LogP contribution in [0, 0.1) is 5.92 Å². The molecule has 2 atom stereocenters. The fraction of sp³-hybridized carbons (Fsp3) is 0.786. The van der Waals surface area contributed by atoms with E-state index in [1.54, 1.807) is 0 Å². The maximum atomic E-state index is 3.36. The molecule has 2 aromatic rings. The van der Waals surface area contributed by atoms with Crippen molar-refractivity contribution in [2.45, 2.75) is 206 Å². The standard InChI is InChI=1S/C42H74N2/c1-3-5-7-9-11-13-14-15-16-17-18-19-20-22-24-26-31-35-42(44-37-36-43-39-44)41(38-40-32-28-27-29-33-40)34-30-25-23-21-12-10-8-6-4-2/h27-29,32-33,36-37,39,41-42H,3-26,30-31,34-35,38H2,1-2H3/p+1. The van der Waals surface area contributed by atoms with Gasteiger partial charge in [-0.15, -0.1) is 0 Å². The molecule has 0 spiro atoms. The summed E-state index contributed by atoms with van der Waals surface area (Å²) in [5, 5.41) is 0. The summed E-state index contributed by atoms with van der Waals surface area (Å²) >= 11 is 0. The van der Waals surface area contributed by atoms with Crippen molar-refractivity contribution in [3.05, 3.63) is 54.6 Å². The molecule has 0 radical (unpaired) electrons. The largest absolute Gasteiger partial charge is 0.250 e. The lowest BCUT2D eigenvalue weighted by Gasteiger charge is -2.25. The van der Waals surface area contributed by atoms with Crippen molar-refractivity contribution in [1.82, 2.24) is 4.98 Å². The number of hydrogen-bond donors (Lipinski definition) is 1. The lowest BCUT2D eigenvalue weighted by Crippen LogP contribution is -2.42. The molecule has 44 heavy (non-hydrogen) atoms. The normalized spacial score (nSPS) is 13.0. The third-order valence-electron chi connectivity index (χ3n) is 10.1. The maximum Gasteiger partial charge on any atom is 0.241 e. The fourth-order valence-electron chi connectivity index (χ4n) is 7.28. The Morgan fingerprint density at radius 1 is 0.500 bits per heavy atom. The van der Waals surface area contributed by atoms with Gasteiger partial charge in [-0.3, -0.25) is 4.98 Å². The molecule has 0 fully saturated rings. The lowest BCUT2D eigenvalue weighted by atomic mass is 9.84. The Bertz CT molecular complexity index is 814. The average Bonchev–Trinajstić information content (AvgIpc) is 3.58. The molecule has 2 unspecified atom stereocenters. The zero-order chi connectivity index (χ0) is 31.2. The van der Waals surface area contributed by atoms with E-state index in [0.29, 0.717) is 12.0 Å². The molecule has 1 heterocycles. The Morgan fingerprint density at radius 2 is 0.909 bits per heavy atom. The minimum Gasteiger partial charge on any atom is -0.250 e. The first kappa shape index (κ1) is 38.6. The van der Waals surface area contributed by atoms with Gasteiger partial charge in [0.1, 0.15) is 18.4 Å². The molecule has 0 aliphatic rings. The van der Waals surface area contributed by atoms with Gasteiger partial charge in [-0.1, -0.05) is 205 Å². The molecular formula is C42H75N2+. The second kappa shape index (κ2) is 28.9. The highest BCUT2D eigenvalue weighted by Crippen LogP contribution is 2.29. The van der Waals surface area contributed by atoms with Crippen molar-refractivity contribution in [1.29, 1.82) is 0 Å².